The van der Waals surface area contributed by atoms with Crippen LogP contribution in [0.1, 0.15) is 55.7 Å². The van der Waals surface area contributed by atoms with Crippen LogP contribution in [0, 0.1) is 0 Å². The maximum atomic E-state index is 5.76. The maximum Gasteiger partial charge on any atom is 0.222 e. The zero-order valence-corrected chi connectivity index (χ0v) is 8.91. The van der Waals surface area contributed by atoms with E-state index in [2.05, 4.69) is 15.5 Å². The van der Waals surface area contributed by atoms with Gasteiger partial charge in [-0.25, -0.2) is 0 Å². The summed E-state index contributed by atoms with van der Waals surface area (Å²) in [6, 6.07) is 0. The summed E-state index contributed by atoms with van der Waals surface area (Å²) in [6.07, 6.45) is 6.44. The second-order valence-electron chi connectivity index (χ2n) is 4.67. The van der Waals surface area contributed by atoms with Gasteiger partial charge in [0.05, 0.1) is 5.92 Å². The van der Waals surface area contributed by atoms with Crippen molar-refractivity contribution < 1.29 is 4.42 Å². The Morgan fingerprint density at radius 1 is 0.933 bits per heavy atom. The van der Waals surface area contributed by atoms with E-state index < -0.39 is 0 Å². The van der Waals surface area contributed by atoms with Crippen LogP contribution in [-0.4, -0.2) is 23.3 Å². The fourth-order valence-electron chi connectivity index (χ4n) is 2.39. The summed E-state index contributed by atoms with van der Waals surface area (Å²) in [6.45, 7) is 1.98. The molecule has 0 atom stereocenters. The van der Waals surface area contributed by atoms with Crippen molar-refractivity contribution in [1.82, 2.24) is 15.5 Å². The normalized spacial score (nSPS) is 24.0. The van der Waals surface area contributed by atoms with Crippen molar-refractivity contribution in [1.29, 1.82) is 0 Å². The van der Waals surface area contributed by atoms with Crippen LogP contribution in [0.3, 0.4) is 0 Å². The van der Waals surface area contributed by atoms with Gasteiger partial charge in [-0.3, -0.25) is 0 Å². The monoisotopic (exact) mass is 207 g/mol. The molecule has 4 nitrogen and oxygen atoms in total. The average Bonchev–Trinajstić information content (AvgIpc) is 2.66. The van der Waals surface area contributed by atoms with E-state index in [0.717, 1.165) is 24.9 Å². The topological polar surface area (TPSA) is 51.0 Å². The third-order valence-corrected chi connectivity index (χ3v) is 3.54. The van der Waals surface area contributed by atoms with Gasteiger partial charge in [-0.2, -0.15) is 0 Å². The van der Waals surface area contributed by atoms with E-state index in [1.165, 1.54) is 32.1 Å². The first kappa shape index (κ1) is 9.33. The fourth-order valence-corrected chi connectivity index (χ4v) is 2.39. The molecule has 0 spiro atoms. The molecule has 2 fully saturated rings. The lowest BCUT2D eigenvalue weighted by Gasteiger charge is -2.23. The number of aromatic nitrogens is 2. The molecular formula is C11H17N3O. The number of hydrogen-bond donors (Lipinski definition) is 1. The van der Waals surface area contributed by atoms with E-state index in [9.17, 15) is 0 Å². The number of hydrogen-bond acceptors (Lipinski definition) is 4. The number of rotatable bonds is 2. The molecule has 0 radical (unpaired) electrons. The van der Waals surface area contributed by atoms with Crippen molar-refractivity contribution in [3.63, 3.8) is 0 Å². The molecule has 82 valence electrons. The molecule has 4 heteroatoms. The van der Waals surface area contributed by atoms with Crippen LogP contribution in [-0.2, 0) is 0 Å². The summed E-state index contributed by atoms with van der Waals surface area (Å²) in [5.74, 6) is 2.73. The van der Waals surface area contributed by atoms with Crippen LogP contribution < -0.4 is 5.32 Å². The summed E-state index contributed by atoms with van der Waals surface area (Å²) in [5, 5.41) is 11.6. The van der Waals surface area contributed by atoms with Crippen LogP contribution in [0.15, 0.2) is 4.42 Å². The Labute approximate surface area is 89.5 Å². The fraction of sp³-hybridized carbons (Fsp3) is 0.818. The van der Waals surface area contributed by atoms with Crippen LogP contribution in [0.25, 0.3) is 0 Å². The Kier molecular flexibility index (Phi) is 2.44. The Morgan fingerprint density at radius 3 is 2.20 bits per heavy atom. The molecule has 1 aromatic heterocycles. The highest BCUT2D eigenvalue weighted by atomic mass is 16.4. The van der Waals surface area contributed by atoms with Crippen molar-refractivity contribution in [3.05, 3.63) is 11.8 Å². The third-order valence-electron chi connectivity index (χ3n) is 3.54. The zero-order valence-electron chi connectivity index (χ0n) is 8.91. The van der Waals surface area contributed by atoms with Crippen molar-refractivity contribution in [3.8, 4) is 0 Å². The van der Waals surface area contributed by atoms with Crippen molar-refractivity contribution in [2.75, 3.05) is 13.1 Å². The highest BCUT2D eigenvalue weighted by Gasteiger charge is 2.27. The average molecular weight is 207 g/mol. The van der Waals surface area contributed by atoms with Gasteiger partial charge in [-0.05, 0) is 12.8 Å². The quantitative estimate of drug-likeness (QED) is 0.803. The van der Waals surface area contributed by atoms with Gasteiger partial charge in [0.1, 0.15) is 0 Å². The molecule has 1 N–H and O–H groups in total. The van der Waals surface area contributed by atoms with E-state index in [4.69, 9.17) is 4.42 Å². The first-order chi connectivity index (χ1) is 7.43. The predicted molar refractivity (Wildman–Crippen MR) is 55.7 cm³/mol. The van der Waals surface area contributed by atoms with Gasteiger partial charge in [0.25, 0.3) is 0 Å². The van der Waals surface area contributed by atoms with E-state index in [1.54, 1.807) is 0 Å². The summed E-state index contributed by atoms with van der Waals surface area (Å²) in [4.78, 5) is 0. The van der Waals surface area contributed by atoms with Gasteiger partial charge in [0.15, 0.2) is 0 Å². The lowest BCUT2D eigenvalue weighted by Crippen LogP contribution is -2.40. The molecule has 1 aromatic rings. The molecule has 15 heavy (non-hydrogen) atoms. The van der Waals surface area contributed by atoms with Gasteiger partial charge >= 0.3 is 0 Å². The molecule has 1 saturated carbocycles. The molecule has 3 rings (SSSR count). The second-order valence-corrected chi connectivity index (χ2v) is 4.67. The van der Waals surface area contributed by atoms with Crippen molar-refractivity contribution in [2.24, 2.45) is 0 Å². The summed E-state index contributed by atoms with van der Waals surface area (Å²) in [7, 11) is 0. The number of nitrogens with one attached hydrogen (secondary N) is 1. The van der Waals surface area contributed by atoms with Crippen LogP contribution in [0.2, 0.25) is 0 Å². The van der Waals surface area contributed by atoms with Gasteiger partial charge in [0, 0.05) is 19.0 Å². The molecule has 1 aliphatic carbocycles. The third kappa shape index (κ3) is 1.78. The molecule has 0 aromatic carbocycles. The standard InChI is InChI=1S/C11H17N3O/c1-2-4-8(5-3-1)10-13-14-11(15-10)9-6-12-7-9/h8-9,12H,1-7H2. The van der Waals surface area contributed by atoms with E-state index in [1.807, 2.05) is 0 Å². The first-order valence-electron chi connectivity index (χ1n) is 5.97. The Balaban J connectivity index is 1.71. The smallest absolute Gasteiger partial charge is 0.222 e. The van der Waals surface area contributed by atoms with Gasteiger partial charge in [-0.1, -0.05) is 19.3 Å². The molecule has 0 unspecified atom stereocenters. The largest absolute Gasteiger partial charge is 0.425 e. The predicted octanol–water partition coefficient (Wildman–Crippen LogP) is 1.80. The van der Waals surface area contributed by atoms with Crippen LogP contribution in [0.4, 0.5) is 0 Å². The van der Waals surface area contributed by atoms with Crippen molar-refractivity contribution >= 4 is 0 Å². The molecular weight excluding hydrogens is 190 g/mol. The summed E-state index contributed by atoms with van der Waals surface area (Å²) >= 11 is 0. The highest BCUT2D eigenvalue weighted by molar-refractivity contribution is 5.01. The summed E-state index contributed by atoms with van der Waals surface area (Å²) in [5.41, 5.74) is 0. The van der Waals surface area contributed by atoms with Gasteiger partial charge in [0.2, 0.25) is 11.8 Å². The first-order valence-corrected chi connectivity index (χ1v) is 5.97. The minimum atomic E-state index is 0.467. The lowest BCUT2D eigenvalue weighted by molar-refractivity contribution is 0.314. The molecule has 1 saturated heterocycles. The molecule has 1 aliphatic heterocycles. The minimum absolute atomic E-state index is 0.467. The lowest BCUT2D eigenvalue weighted by atomic mass is 9.89. The van der Waals surface area contributed by atoms with Gasteiger partial charge in [-0.15, -0.1) is 10.2 Å². The zero-order chi connectivity index (χ0) is 10.1. The Morgan fingerprint density at radius 2 is 1.60 bits per heavy atom. The Bertz CT molecular complexity index is 326. The van der Waals surface area contributed by atoms with Gasteiger partial charge < -0.3 is 9.73 Å². The van der Waals surface area contributed by atoms with E-state index >= 15 is 0 Å². The van der Waals surface area contributed by atoms with E-state index in [0.29, 0.717) is 11.8 Å². The maximum absolute atomic E-state index is 5.76. The SMILES string of the molecule is C1CCC(c2nnc(C3CNC3)o2)CC1. The van der Waals surface area contributed by atoms with E-state index in [-0.39, 0.29) is 0 Å². The molecule has 2 aliphatic rings. The molecule has 0 bridgehead atoms. The highest BCUT2D eigenvalue weighted by Crippen LogP contribution is 2.32. The summed E-state index contributed by atoms with van der Waals surface area (Å²) < 4.78 is 5.76. The van der Waals surface area contributed by atoms with Crippen LogP contribution in [0.5, 0.6) is 0 Å². The van der Waals surface area contributed by atoms with Crippen LogP contribution >= 0.6 is 0 Å². The minimum Gasteiger partial charge on any atom is -0.425 e. The molecule has 0 amide bonds. The second kappa shape index (κ2) is 3.93. The number of nitrogens with zero attached hydrogens (tertiary/aromatic N) is 2. The molecule has 2 heterocycles. The Hall–Kier alpha value is -0.900. The van der Waals surface area contributed by atoms with Crippen molar-refractivity contribution in [2.45, 2.75) is 43.9 Å².